The van der Waals surface area contributed by atoms with Crippen molar-refractivity contribution in [3.05, 3.63) is 64.3 Å². The molecule has 34 heavy (non-hydrogen) atoms. The van der Waals surface area contributed by atoms with E-state index in [1.165, 1.54) is 16.2 Å². The summed E-state index contributed by atoms with van der Waals surface area (Å²) >= 11 is 0. The lowest BCUT2D eigenvalue weighted by Crippen LogP contribution is -2.28. The molecule has 0 aliphatic carbocycles. The minimum Gasteiger partial charge on any atom is -0.464 e. The monoisotopic (exact) mass is 460 g/mol. The summed E-state index contributed by atoms with van der Waals surface area (Å²) < 4.78 is 13.2. The molecule has 1 aromatic carbocycles. The Kier molecular flexibility index (Phi) is 5.58. The van der Waals surface area contributed by atoms with Crippen LogP contribution in [0.2, 0.25) is 0 Å². The number of nitrogens with two attached hydrogens (primary N) is 1. The van der Waals surface area contributed by atoms with Gasteiger partial charge in [0.2, 0.25) is 5.95 Å². The van der Waals surface area contributed by atoms with E-state index in [2.05, 4.69) is 15.1 Å². The van der Waals surface area contributed by atoms with Gasteiger partial charge in [-0.05, 0) is 37.5 Å². The number of anilines is 1. The molecule has 0 spiro atoms. The molecule has 10 nitrogen and oxygen atoms in total. The van der Waals surface area contributed by atoms with Crippen LogP contribution in [0, 0.1) is 6.92 Å². The number of ether oxygens (including phenoxy) is 2. The summed E-state index contributed by atoms with van der Waals surface area (Å²) in [6.07, 6.45) is 1.73. The van der Waals surface area contributed by atoms with E-state index in [1.54, 1.807) is 13.0 Å². The van der Waals surface area contributed by atoms with Crippen LogP contribution in [0.15, 0.2) is 47.3 Å². The number of pyridine rings is 1. The topological polar surface area (TPSA) is 127 Å². The first kappa shape index (κ1) is 21.8. The van der Waals surface area contributed by atoms with Crippen molar-refractivity contribution >= 4 is 17.6 Å². The van der Waals surface area contributed by atoms with Gasteiger partial charge in [-0.3, -0.25) is 0 Å². The van der Waals surface area contributed by atoms with Crippen molar-refractivity contribution in [2.45, 2.75) is 32.4 Å². The quantitative estimate of drug-likeness (QED) is 0.450. The number of aryl methyl sites for hydroxylation is 1. The van der Waals surface area contributed by atoms with Crippen molar-refractivity contribution in [2.75, 3.05) is 19.5 Å². The zero-order chi connectivity index (χ0) is 23.8. The van der Waals surface area contributed by atoms with Gasteiger partial charge in [0, 0.05) is 17.9 Å². The van der Waals surface area contributed by atoms with Crippen molar-refractivity contribution in [3.63, 3.8) is 0 Å². The van der Waals surface area contributed by atoms with Gasteiger partial charge in [0.05, 0.1) is 31.0 Å². The molecule has 174 valence electrons. The maximum atomic E-state index is 13.3. The van der Waals surface area contributed by atoms with E-state index in [4.69, 9.17) is 15.2 Å². The standard InChI is InChI=1S/C24H24N6O4/c1-14-11-16(12-18(26-14)22(31)33-2)19-20(15-7-4-3-5-8-15)27-23(25)30-21(19)28-29(24(30)32)13-17-9-6-10-34-17/h3-5,7-8,11-12,17H,6,9-10,13H2,1-2H3,(H2,25,27). The van der Waals surface area contributed by atoms with Crippen LogP contribution in [0.5, 0.6) is 0 Å². The van der Waals surface area contributed by atoms with Gasteiger partial charge in [0.1, 0.15) is 5.69 Å². The predicted molar refractivity (Wildman–Crippen MR) is 125 cm³/mol. The highest BCUT2D eigenvalue weighted by Gasteiger charge is 2.25. The smallest absolute Gasteiger partial charge is 0.356 e. The molecule has 1 aliphatic rings. The Labute approximate surface area is 195 Å². The Morgan fingerprint density at radius 3 is 2.71 bits per heavy atom. The van der Waals surface area contributed by atoms with Crippen molar-refractivity contribution in [1.82, 2.24) is 24.1 Å². The number of esters is 1. The van der Waals surface area contributed by atoms with Crippen molar-refractivity contribution in [1.29, 1.82) is 0 Å². The van der Waals surface area contributed by atoms with Gasteiger partial charge in [0.25, 0.3) is 0 Å². The number of fused-ring (bicyclic) bond motifs is 1. The number of methoxy groups -OCH3 is 1. The average Bonchev–Trinajstić information content (AvgIpc) is 3.47. The fourth-order valence-electron chi connectivity index (χ4n) is 4.30. The highest BCUT2D eigenvalue weighted by atomic mass is 16.5. The normalized spacial score (nSPS) is 15.6. The van der Waals surface area contributed by atoms with Gasteiger partial charge in [-0.1, -0.05) is 30.3 Å². The van der Waals surface area contributed by atoms with Crippen molar-refractivity contribution < 1.29 is 14.3 Å². The molecule has 1 fully saturated rings. The van der Waals surface area contributed by atoms with Crippen LogP contribution in [-0.2, 0) is 16.0 Å². The van der Waals surface area contributed by atoms with Gasteiger partial charge in [-0.15, -0.1) is 5.10 Å². The Bertz CT molecular complexity index is 1440. The molecule has 1 saturated heterocycles. The lowest BCUT2D eigenvalue weighted by Gasteiger charge is -2.13. The Morgan fingerprint density at radius 2 is 2.00 bits per heavy atom. The molecule has 0 amide bonds. The second-order valence-electron chi connectivity index (χ2n) is 8.19. The summed E-state index contributed by atoms with van der Waals surface area (Å²) in [5.74, 6) is -0.535. The molecule has 1 aliphatic heterocycles. The number of rotatable bonds is 5. The summed E-state index contributed by atoms with van der Waals surface area (Å²) in [6.45, 7) is 2.78. The molecular formula is C24H24N6O4. The fourth-order valence-corrected chi connectivity index (χ4v) is 4.30. The SMILES string of the molecule is COC(=O)c1cc(-c2c(-c3ccccc3)nc(N)n3c(=O)n(CC4CCCO4)nc23)cc(C)n1. The summed E-state index contributed by atoms with van der Waals surface area (Å²) in [6, 6.07) is 12.9. The number of carbonyl (C=O) groups is 1. The van der Waals surface area contributed by atoms with Crippen LogP contribution in [0.4, 0.5) is 5.95 Å². The van der Waals surface area contributed by atoms with E-state index in [1.807, 2.05) is 36.4 Å². The molecule has 3 aromatic heterocycles. The summed E-state index contributed by atoms with van der Waals surface area (Å²) in [5, 5.41) is 4.65. The van der Waals surface area contributed by atoms with Crippen LogP contribution < -0.4 is 11.4 Å². The van der Waals surface area contributed by atoms with Crippen LogP contribution in [-0.4, -0.2) is 49.9 Å². The molecule has 0 radical (unpaired) electrons. The van der Waals surface area contributed by atoms with Crippen molar-refractivity contribution in [2.24, 2.45) is 0 Å². The van der Waals surface area contributed by atoms with Crippen LogP contribution in [0.1, 0.15) is 29.0 Å². The number of nitrogen functional groups attached to an aromatic ring is 1. The number of benzene rings is 1. The van der Waals surface area contributed by atoms with Crippen LogP contribution in [0.3, 0.4) is 0 Å². The molecule has 4 heterocycles. The van der Waals surface area contributed by atoms with E-state index in [0.717, 1.165) is 18.4 Å². The predicted octanol–water partition coefficient (Wildman–Crippen LogP) is 2.48. The lowest BCUT2D eigenvalue weighted by atomic mass is 9.99. The minimum atomic E-state index is -0.563. The first-order chi connectivity index (χ1) is 16.5. The number of hydrogen-bond donors (Lipinski definition) is 1. The van der Waals surface area contributed by atoms with E-state index in [0.29, 0.717) is 41.3 Å². The third-order valence-corrected chi connectivity index (χ3v) is 5.84. The number of aromatic nitrogens is 5. The lowest BCUT2D eigenvalue weighted by molar-refractivity contribution is 0.0594. The molecule has 5 rings (SSSR count). The van der Waals surface area contributed by atoms with Gasteiger partial charge in [0.15, 0.2) is 5.65 Å². The van der Waals surface area contributed by atoms with E-state index < -0.39 is 11.7 Å². The third-order valence-electron chi connectivity index (χ3n) is 5.84. The Morgan fingerprint density at radius 1 is 1.21 bits per heavy atom. The van der Waals surface area contributed by atoms with Crippen LogP contribution >= 0.6 is 0 Å². The van der Waals surface area contributed by atoms with E-state index >= 15 is 0 Å². The van der Waals surface area contributed by atoms with Gasteiger partial charge < -0.3 is 15.2 Å². The second kappa shape index (κ2) is 8.71. The number of hydrogen-bond acceptors (Lipinski definition) is 8. The summed E-state index contributed by atoms with van der Waals surface area (Å²) in [4.78, 5) is 34.4. The molecule has 4 aromatic rings. The zero-order valence-electron chi connectivity index (χ0n) is 18.9. The van der Waals surface area contributed by atoms with E-state index in [9.17, 15) is 9.59 Å². The minimum absolute atomic E-state index is 0.0279. The highest BCUT2D eigenvalue weighted by Crippen LogP contribution is 2.35. The molecule has 2 N–H and O–H groups in total. The molecule has 10 heteroatoms. The first-order valence-electron chi connectivity index (χ1n) is 11.0. The maximum Gasteiger partial charge on any atom is 0.356 e. The Balaban J connectivity index is 1.81. The Hall–Kier alpha value is -4.05. The third kappa shape index (κ3) is 3.81. The molecule has 0 saturated carbocycles. The van der Waals surface area contributed by atoms with Gasteiger partial charge >= 0.3 is 11.7 Å². The molecule has 0 bridgehead atoms. The van der Waals surface area contributed by atoms with Gasteiger partial charge in [-0.25, -0.2) is 28.6 Å². The number of carbonyl (C=O) groups excluding carboxylic acids is 1. The highest BCUT2D eigenvalue weighted by molar-refractivity contribution is 5.94. The molecule has 1 atom stereocenters. The van der Waals surface area contributed by atoms with Crippen molar-refractivity contribution in [3.8, 4) is 22.4 Å². The second-order valence-corrected chi connectivity index (χ2v) is 8.19. The summed E-state index contributed by atoms with van der Waals surface area (Å²) in [7, 11) is 1.30. The number of nitrogens with zero attached hydrogens (tertiary/aromatic N) is 5. The fraction of sp³-hybridized carbons (Fsp3) is 0.292. The average molecular weight is 460 g/mol. The maximum absolute atomic E-state index is 13.3. The summed E-state index contributed by atoms with van der Waals surface area (Å²) in [5.41, 5.74) is 9.50. The van der Waals surface area contributed by atoms with Gasteiger partial charge in [-0.2, -0.15) is 0 Å². The largest absolute Gasteiger partial charge is 0.464 e. The molecule has 1 unspecified atom stereocenters. The van der Waals surface area contributed by atoms with Crippen LogP contribution in [0.25, 0.3) is 28.0 Å². The first-order valence-corrected chi connectivity index (χ1v) is 11.0. The van der Waals surface area contributed by atoms with E-state index in [-0.39, 0.29) is 17.7 Å². The molecular weight excluding hydrogens is 436 g/mol. The zero-order valence-corrected chi connectivity index (χ0v) is 18.9.